The largest absolute Gasteiger partial charge is 0.328 e. The zero-order chi connectivity index (χ0) is 15.4. The van der Waals surface area contributed by atoms with E-state index in [1.54, 1.807) is 36.2 Å². The quantitative estimate of drug-likeness (QED) is 0.631. The normalized spacial score (nSPS) is 9.48. The van der Waals surface area contributed by atoms with Gasteiger partial charge >= 0.3 is 0 Å². The second kappa shape index (κ2) is 5.68. The van der Waals surface area contributed by atoms with E-state index in [2.05, 4.69) is 4.98 Å². The molecule has 1 aromatic carbocycles. The lowest BCUT2D eigenvalue weighted by molar-refractivity contribution is -0.385. The van der Waals surface area contributed by atoms with Gasteiger partial charge in [0.25, 0.3) is 5.69 Å². The van der Waals surface area contributed by atoms with Crippen LogP contribution < -0.4 is 4.90 Å². The van der Waals surface area contributed by atoms with E-state index in [1.807, 2.05) is 12.1 Å². The average Bonchev–Trinajstić information content (AvgIpc) is 2.53. The summed E-state index contributed by atoms with van der Waals surface area (Å²) in [6, 6.07) is 11.8. The van der Waals surface area contributed by atoms with E-state index in [4.69, 9.17) is 10.5 Å². The third-order valence-corrected chi connectivity index (χ3v) is 2.88. The van der Waals surface area contributed by atoms with Crippen molar-refractivity contribution in [3.05, 3.63) is 57.8 Å². The van der Waals surface area contributed by atoms with Crippen molar-refractivity contribution in [2.45, 2.75) is 0 Å². The first-order valence-electron chi connectivity index (χ1n) is 5.85. The summed E-state index contributed by atoms with van der Waals surface area (Å²) in [4.78, 5) is 15.7. The molecule has 0 fully saturated rings. The van der Waals surface area contributed by atoms with E-state index >= 15 is 0 Å². The number of nitrogens with zero attached hydrogens (tertiary/aromatic N) is 5. The lowest BCUT2D eigenvalue weighted by Gasteiger charge is -2.19. The maximum atomic E-state index is 10.7. The summed E-state index contributed by atoms with van der Waals surface area (Å²) in [6.07, 6.45) is 1.11. The number of nitriles is 2. The molecule has 0 radical (unpaired) electrons. The molecule has 1 aromatic heterocycles. The highest BCUT2D eigenvalue weighted by atomic mass is 16.6. The fourth-order valence-corrected chi connectivity index (χ4v) is 1.78. The van der Waals surface area contributed by atoms with Crippen molar-refractivity contribution >= 4 is 17.2 Å². The molecule has 0 spiro atoms. The average molecular weight is 279 g/mol. The topological polar surface area (TPSA) is 107 Å². The molecule has 0 aliphatic rings. The Balaban J connectivity index is 2.43. The molecule has 0 aliphatic carbocycles. The van der Waals surface area contributed by atoms with Crippen molar-refractivity contribution in [2.75, 3.05) is 11.9 Å². The van der Waals surface area contributed by atoms with Crippen LogP contribution in [0.3, 0.4) is 0 Å². The Morgan fingerprint density at radius 1 is 1.24 bits per heavy atom. The van der Waals surface area contributed by atoms with E-state index in [9.17, 15) is 10.1 Å². The molecule has 2 aromatic rings. The Hall–Kier alpha value is -3.45. The third-order valence-electron chi connectivity index (χ3n) is 2.88. The molecule has 7 heteroatoms. The number of anilines is 2. The minimum atomic E-state index is -0.598. The Bertz CT molecular complexity index is 771. The zero-order valence-corrected chi connectivity index (χ0v) is 11.0. The third kappa shape index (κ3) is 2.77. The minimum absolute atomic E-state index is 0.107. The number of rotatable bonds is 3. The standard InChI is InChI=1S/C14H9N5O2/c1-18(12-4-2-10(7-15)3-5-12)14-11(8-16)6-13(9-17-14)19(20)21/h2-6,9H,1H3. The monoisotopic (exact) mass is 279 g/mol. The van der Waals surface area contributed by atoms with Gasteiger partial charge in [-0.2, -0.15) is 10.5 Å². The minimum Gasteiger partial charge on any atom is -0.328 e. The van der Waals surface area contributed by atoms with Crippen LogP contribution in [0.5, 0.6) is 0 Å². The van der Waals surface area contributed by atoms with Gasteiger partial charge < -0.3 is 4.90 Å². The summed E-state index contributed by atoms with van der Waals surface area (Å²) < 4.78 is 0. The molecule has 7 nitrogen and oxygen atoms in total. The number of hydrogen-bond acceptors (Lipinski definition) is 6. The summed E-state index contributed by atoms with van der Waals surface area (Å²) in [5.74, 6) is 0.313. The Morgan fingerprint density at radius 2 is 1.90 bits per heavy atom. The molecule has 102 valence electrons. The first kappa shape index (κ1) is 14.0. The summed E-state index contributed by atoms with van der Waals surface area (Å²) in [6.45, 7) is 0. The van der Waals surface area contributed by atoms with Gasteiger partial charge in [-0.1, -0.05) is 0 Å². The molecule has 0 amide bonds. The number of benzene rings is 1. The Morgan fingerprint density at radius 3 is 2.43 bits per heavy atom. The second-order valence-corrected chi connectivity index (χ2v) is 4.15. The lowest BCUT2D eigenvalue weighted by Crippen LogP contribution is -2.13. The van der Waals surface area contributed by atoms with Gasteiger partial charge in [0.05, 0.1) is 16.6 Å². The SMILES string of the molecule is CN(c1ccc(C#N)cc1)c1ncc([N+](=O)[O-])cc1C#N. The highest BCUT2D eigenvalue weighted by Gasteiger charge is 2.16. The van der Waals surface area contributed by atoms with E-state index < -0.39 is 4.92 Å². The van der Waals surface area contributed by atoms with Crippen LogP contribution in [0.25, 0.3) is 0 Å². The summed E-state index contributed by atoms with van der Waals surface area (Å²) >= 11 is 0. The predicted octanol–water partition coefficient (Wildman–Crippen LogP) is 2.50. The molecule has 0 atom stereocenters. The number of nitro groups is 1. The van der Waals surface area contributed by atoms with Gasteiger partial charge in [-0.15, -0.1) is 0 Å². The Kier molecular flexibility index (Phi) is 3.78. The van der Waals surface area contributed by atoms with E-state index in [1.165, 1.54) is 6.07 Å². The van der Waals surface area contributed by atoms with Gasteiger partial charge in [0.1, 0.15) is 17.8 Å². The second-order valence-electron chi connectivity index (χ2n) is 4.15. The number of pyridine rings is 1. The molecule has 1 heterocycles. The lowest BCUT2D eigenvalue weighted by atomic mass is 10.2. The van der Waals surface area contributed by atoms with Crippen LogP contribution in [0.15, 0.2) is 36.5 Å². The highest BCUT2D eigenvalue weighted by Crippen LogP contribution is 2.27. The number of aromatic nitrogens is 1. The summed E-state index contributed by atoms with van der Waals surface area (Å²) in [7, 11) is 1.69. The van der Waals surface area contributed by atoms with Gasteiger partial charge in [0, 0.05) is 18.8 Å². The van der Waals surface area contributed by atoms with Crippen LogP contribution in [-0.4, -0.2) is 17.0 Å². The fraction of sp³-hybridized carbons (Fsp3) is 0.0714. The molecule has 0 aliphatic heterocycles. The van der Waals surface area contributed by atoms with E-state index in [0.717, 1.165) is 6.20 Å². The smallest absolute Gasteiger partial charge is 0.289 e. The van der Waals surface area contributed by atoms with Gasteiger partial charge in [-0.05, 0) is 24.3 Å². The molecule has 0 bridgehead atoms. The molecule has 21 heavy (non-hydrogen) atoms. The first-order valence-corrected chi connectivity index (χ1v) is 5.85. The van der Waals surface area contributed by atoms with Gasteiger partial charge in [0.2, 0.25) is 0 Å². The maximum absolute atomic E-state index is 10.7. The van der Waals surface area contributed by atoms with Crippen molar-refractivity contribution in [2.24, 2.45) is 0 Å². The molecule has 2 rings (SSSR count). The molecule has 0 saturated carbocycles. The van der Waals surface area contributed by atoms with Gasteiger partial charge in [-0.25, -0.2) is 4.98 Å². The molecule has 0 unspecified atom stereocenters. The predicted molar refractivity (Wildman–Crippen MR) is 74.8 cm³/mol. The Labute approximate surface area is 120 Å². The highest BCUT2D eigenvalue weighted by molar-refractivity contribution is 5.66. The molecular formula is C14H9N5O2. The van der Waals surface area contributed by atoms with E-state index in [-0.39, 0.29) is 11.3 Å². The van der Waals surface area contributed by atoms with Crippen molar-refractivity contribution < 1.29 is 4.92 Å². The molecular weight excluding hydrogens is 270 g/mol. The van der Waals surface area contributed by atoms with Crippen molar-refractivity contribution in [3.8, 4) is 12.1 Å². The van der Waals surface area contributed by atoms with E-state index in [0.29, 0.717) is 17.1 Å². The van der Waals surface area contributed by atoms with Crippen molar-refractivity contribution in [1.29, 1.82) is 10.5 Å². The van der Waals surface area contributed by atoms with Crippen LogP contribution in [0.4, 0.5) is 17.2 Å². The maximum Gasteiger partial charge on any atom is 0.289 e. The van der Waals surface area contributed by atoms with Crippen LogP contribution >= 0.6 is 0 Å². The molecule has 0 saturated heterocycles. The van der Waals surface area contributed by atoms with Crippen LogP contribution in [0.1, 0.15) is 11.1 Å². The molecule has 0 N–H and O–H groups in total. The van der Waals surface area contributed by atoms with Crippen LogP contribution in [0.2, 0.25) is 0 Å². The van der Waals surface area contributed by atoms with Gasteiger partial charge in [0.15, 0.2) is 5.82 Å². The van der Waals surface area contributed by atoms with Gasteiger partial charge in [-0.3, -0.25) is 10.1 Å². The first-order chi connectivity index (χ1) is 10.1. The zero-order valence-electron chi connectivity index (χ0n) is 11.0. The van der Waals surface area contributed by atoms with Crippen molar-refractivity contribution in [1.82, 2.24) is 4.98 Å². The van der Waals surface area contributed by atoms with Crippen LogP contribution in [-0.2, 0) is 0 Å². The summed E-state index contributed by atoms with van der Waals surface area (Å²) in [5, 5.41) is 28.6. The number of hydrogen-bond donors (Lipinski definition) is 0. The van der Waals surface area contributed by atoms with Crippen LogP contribution in [0, 0.1) is 32.8 Å². The summed E-state index contributed by atoms with van der Waals surface area (Å²) in [5.41, 5.74) is 1.11. The fourth-order valence-electron chi connectivity index (χ4n) is 1.78. The van der Waals surface area contributed by atoms with Crippen molar-refractivity contribution in [3.63, 3.8) is 0 Å².